The van der Waals surface area contributed by atoms with Crippen LogP contribution in [0.1, 0.15) is 79.8 Å². The van der Waals surface area contributed by atoms with Gasteiger partial charge in [-0.25, -0.2) is 28.4 Å². The minimum Gasteiger partial charge on any atom is -0.444 e. The third-order valence-electron chi connectivity index (χ3n) is 6.45. The SMILES string of the molecule is CC(C)c1cnc2c(N(C(=O)OC(C)(C)C)c3cccc(F)c3)cc(NC3CCN(C(=O)OC(C)(C)C)CC3)nn12. The molecule has 0 aliphatic carbocycles. The predicted octanol–water partition coefficient (Wildman–Crippen LogP) is 6.88. The summed E-state index contributed by atoms with van der Waals surface area (Å²) >= 11 is 0. The van der Waals surface area contributed by atoms with Crippen molar-refractivity contribution in [2.45, 2.75) is 91.4 Å². The van der Waals surface area contributed by atoms with Crippen molar-refractivity contribution in [1.29, 1.82) is 0 Å². The zero-order valence-electron chi connectivity index (χ0n) is 25.2. The second-order valence-electron chi connectivity index (χ2n) is 12.7. The van der Waals surface area contributed by atoms with Crippen molar-refractivity contribution in [3.63, 3.8) is 0 Å². The molecule has 41 heavy (non-hydrogen) atoms. The molecule has 11 heteroatoms. The van der Waals surface area contributed by atoms with E-state index < -0.39 is 23.1 Å². The van der Waals surface area contributed by atoms with E-state index >= 15 is 0 Å². The highest BCUT2D eigenvalue weighted by Crippen LogP contribution is 2.34. The summed E-state index contributed by atoms with van der Waals surface area (Å²) in [5.74, 6) is 0.136. The van der Waals surface area contributed by atoms with E-state index in [1.54, 1.807) is 54.6 Å². The molecule has 1 aliphatic heterocycles. The lowest BCUT2D eigenvalue weighted by molar-refractivity contribution is 0.0210. The minimum atomic E-state index is -0.784. The molecule has 2 aromatic heterocycles. The fourth-order valence-corrected chi connectivity index (χ4v) is 4.61. The Balaban J connectivity index is 1.70. The first-order valence-corrected chi connectivity index (χ1v) is 14.0. The molecule has 0 atom stereocenters. The Morgan fingerprint density at radius 2 is 1.71 bits per heavy atom. The van der Waals surface area contributed by atoms with Crippen molar-refractivity contribution in [3.05, 3.63) is 48.0 Å². The van der Waals surface area contributed by atoms with Gasteiger partial charge in [-0.3, -0.25) is 0 Å². The first-order chi connectivity index (χ1) is 19.1. The summed E-state index contributed by atoms with van der Waals surface area (Å²) in [5.41, 5.74) is 0.663. The van der Waals surface area contributed by atoms with E-state index in [1.807, 2.05) is 34.6 Å². The standard InChI is InChI=1S/C30H41FN6O4/c1-19(2)24-18-32-26-23(36(28(39)41-30(6,7)8)22-11-9-10-20(31)16-22)17-25(34-37(24)26)33-21-12-14-35(15-13-21)27(38)40-29(3,4)5/h9-11,16-19,21H,12-15H2,1-8H3,(H,33,34). The summed E-state index contributed by atoms with van der Waals surface area (Å²) in [7, 11) is 0. The zero-order valence-corrected chi connectivity index (χ0v) is 25.2. The number of hydrogen-bond donors (Lipinski definition) is 1. The Hall–Kier alpha value is -3.89. The molecule has 1 aromatic carbocycles. The van der Waals surface area contributed by atoms with Crippen LogP contribution in [0.4, 0.5) is 31.2 Å². The number of hydrogen-bond acceptors (Lipinski definition) is 7. The lowest BCUT2D eigenvalue weighted by Gasteiger charge is -2.34. The van der Waals surface area contributed by atoms with Crippen LogP contribution < -0.4 is 10.2 Å². The number of carbonyl (C=O) groups excluding carboxylic acids is 2. The quantitative estimate of drug-likeness (QED) is 0.358. The van der Waals surface area contributed by atoms with Crippen LogP contribution in [0.2, 0.25) is 0 Å². The summed E-state index contributed by atoms with van der Waals surface area (Å²) in [6.45, 7) is 16.0. The van der Waals surface area contributed by atoms with Gasteiger partial charge in [0.05, 0.1) is 17.6 Å². The molecule has 0 radical (unpaired) electrons. The number of imidazole rings is 1. The van der Waals surface area contributed by atoms with Crippen LogP contribution in [0, 0.1) is 5.82 Å². The number of amides is 2. The molecule has 3 aromatic rings. The van der Waals surface area contributed by atoms with Crippen LogP contribution >= 0.6 is 0 Å². The van der Waals surface area contributed by atoms with Gasteiger partial charge in [0.1, 0.15) is 28.5 Å². The van der Waals surface area contributed by atoms with Gasteiger partial charge in [0.25, 0.3) is 0 Å². The molecule has 3 heterocycles. The molecule has 1 N–H and O–H groups in total. The Bertz CT molecular complexity index is 1400. The number of nitrogens with zero attached hydrogens (tertiary/aromatic N) is 5. The van der Waals surface area contributed by atoms with Gasteiger partial charge < -0.3 is 19.7 Å². The number of rotatable bonds is 5. The highest BCUT2D eigenvalue weighted by Gasteiger charge is 2.31. The Morgan fingerprint density at radius 3 is 2.29 bits per heavy atom. The van der Waals surface area contributed by atoms with Crippen molar-refractivity contribution < 1.29 is 23.5 Å². The van der Waals surface area contributed by atoms with E-state index in [4.69, 9.17) is 14.6 Å². The van der Waals surface area contributed by atoms with Gasteiger partial charge in [0, 0.05) is 25.2 Å². The Morgan fingerprint density at radius 1 is 1.05 bits per heavy atom. The number of likely N-dealkylation sites (tertiary alicyclic amines) is 1. The average molecular weight is 569 g/mol. The number of nitrogens with one attached hydrogen (secondary N) is 1. The summed E-state index contributed by atoms with van der Waals surface area (Å²) < 4.78 is 27.4. The molecule has 0 bridgehead atoms. The van der Waals surface area contributed by atoms with Crippen molar-refractivity contribution in [2.24, 2.45) is 0 Å². The average Bonchev–Trinajstić information content (AvgIpc) is 3.27. The molecule has 10 nitrogen and oxygen atoms in total. The normalized spacial score (nSPS) is 14.8. The van der Waals surface area contributed by atoms with Crippen molar-refractivity contribution in [3.8, 4) is 0 Å². The van der Waals surface area contributed by atoms with Gasteiger partial charge in [-0.05, 0) is 78.5 Å². The van der Waals surface area contributed by atoms with E-state index in [0.717, 1.165) is 5.69 Å². The molecular formula is C30H41FN6O4. The second kappa shape index (κ2) is 11.5. The predicted molar refractivity (Wildman–Crippen MR) is 156 cm³/mol. The van der Waals surface area contributed by atoms with Gasteiger partial charge in [-0.1, -0.05) is 19.9 Å². The largest absolute Gasteiger partial charge is 0.444 e. The smallest absolute Gasteiger partial charge is 0.419 e. The highest BCUT2D eigenvalue weighted by atomic mass is 19.1. The third kappa shape index (κ3) is 7.45. The monoisotopic (exact) mass is 568 g/mol. The van der Waals surface area contributed by atoms with Gasteiger partial charge in [0.15, 0.2) is 5.65 Å². The van der Waals surface area contributed by atoms with E-state index in [2.05, 4.69) is 10.3 Å². The minimum absolute atomic E-state index is 0.0293. The van der Waals surface area contributed by atoms with Crippen LogP contribution in [0.25, 0.3) is 5.65 Å². The van der Waals surface area contributed by atoms with E-state index in [-0.39, 0.29) is 18.1 Å². The molecule has 0 unspecified atom stereocenters. The van der Waals surface area contributed by atoms with Gasteiger partial charge in [0.2, 0.25) is 0 Å². The lowest BCUT2D eigenvalue weighted by Crippen LogP contribution is -2.44. The second-order valence-corrected chi connectivity index (χ2v) is 12.7. The number of anilines is 3. The van der Waals surface area contributed by atoms with Crippen LogP contribution in [0.15, 0.2) is 36.5 Å². The molecule has 2 amide bonds. The van der Waals surface area contributed by atoms with Crippen molar-refractivity contribution >= 4 is 35.0 Å². The molecule has 0 saturated carbocycles. The maximum absolute atomic E-state index is 14.4. The topological polar surface area (TPSA) is 101 Å². The fourth-order valence-electron chi connectivity index (χ4n) is 4.61. The lowest BCUT2D eigenvalue weighted by atomic mass is 10.1. The number of aromatic nitrogens is 3. The number of ether oxygens (including phenoxy) is 2. The Kier molecular flexibility index (Phi) is 8.46. The number of halogens is 1. The number of carbonyl (C=O) groups is 2. The van der Waals surface area contributed by atoms with Gasteiger partial charge in [-0.15, -0.1) is 5.10 Å². The van der Waals surface area contributed by atoms with E-state index in [0.29, 0.717) is 48.8 Å². The fraction of sp³-hybridized carbons (Fsp3) is 0.533. The molecule has 1 saturated heterocycles. The zero-order chi connectivity index (χ0) is 30.1. The Labute approximate surface area is 240 Å². The summed E-state index contributed by atoms with van der Waals surface area (Å²) in [5, 5.41) is 8.32. The van der Waals surface area contributed by atoms with Crippen molar-refractivity contribution in [2.75, 3.05) is 23.3 Å². The van der Waals surface area contributed by atoms with Crippen molar-refractivity contribution in [1.82, 2.24) is 19.5 Å². The number of fused-ring (bicyclic) bond motifs is 1. The van der Waals surface area contributed by atoms with Crippen LogP contribution in [-0.2, 0) is 9.47 Å². The van der Waals surface area contributed by atoms with E-state index in [1.165, 1.54) is 17.0 Å². The maximum Gasteiger partial charge on any atom is 0.419 e. The number of piperidine rings is 1. The molecule has 222 valence electrons. The summed E-state index contributed by atoms with van der Waals surface area (Å²) in [6, 6.07) is 7.57. The molecular weight excluding hydrogens is 527 g/mol. The highest BCUT2D eigenvalue weighted by molar-refractivity contribution is 6.00. The molecule has 0 spiro atoms. The van der Waals surface area contributed by atoms with E-state index in [9.17, 15) is 14.0 Å². The number of benzene rings is 1. The first-order valence-electron chi connectivity index (χ1n) is 14.0. The van der Waals surface area contributed by atoms with Crippen LogP contribution in [0.5, 0.6) is 0 Å². The van der Waals surface area contributed by atoms with Crippen LogP contribution in [0.3, 0.4) is 0 Å². The summed E-state index contributed by atoms with van der Waals surface area (Å²) in [4.78, 5) is 33.8. The molecule has 1 fully saturated rings. The maximum atomic E-state index is 14.4. The van der Waals surface area contributed by atoms with Crippen LogP contribution in [-0.4, -0.2) is 62.0 Å². The molecule has 4 rings (SSSR count). The first kappa shape index (κ1) is 30.1. The summed E-state index contributed by atoms with van der Waals surface area (Å²) in [6.07, 6.45) is 2.13. The van der Waals surface area contributed by atoms with Gasteiger partial charge >= 0.3 is 12.2 Å². The van der Waals surface area contributed by atoms with Gasteiger partial charge in [-0.2, -0.15) is 0 Å². The molecule has 1 aliphatic rings. The third-order valence-corrected chi connectivity index (χ3v) is 6.45.